The minimum absolute atomic E-state index is 0.312. The highest BCUT2D eigenvalue weighted by molar-refractivity contribution is 5.89. The summed E-state index contributed by atoms with van der Waals surface area (Å²) in [4.78, 5) is 35.1. The smallest absolute Gasteiger partial charge is 0.243 e. The number of carbonyl (C=O) groups excluding carboxylic acids is 3. The zero-order valence-corrected chi connectivity index (χ0v) is 11.8. The maximum absolute atomic E-state index is 11.9. The van der Waals surface area contributed by atoms with Crippen LogP contribution in [-0.2, 0) is 16.1 Å². The Morgan fingerprint density at radius 2 is 2.05 bits per heavy atom. The second kappa shape index (κ2) is 8.22. The molecule has 1 unspecified atom stereocenters. The molecule has 0 spiro atoms. The van der Waals surface area contributed by atoms with Gasteiger partial charge in [0.15, 0.2) is 0 Å². The second-order valence-electron chi connectivity index (χ2n) is 4.66. The molecule has 0 radical (unpaired) electrons. The van der Waals surface area contributed by atoms with E-state index in [-0.39, 0.29) is 11.9 Å². The van der Waals surface area contributed by atoms with Crippen molar-refractivity contribution in [2.75, 3.05) is 7.05 Å². The van der Waals surface area contributed by atoms with Crippen molar-refractivity contribution in [2.45, 2.75) is 32.4 Å². The summed E-state index contributed by atoms with van der Waals surface area (Å²) in [5, 5.41) is 2.20. The first-order valence-electron chi connectivity index (χ1n) is 6.61. The van der Waals surface area contributed by atoms with Crippen molar-refractivity contribution in [1.29, 1.82) is 0 Å². The van der Waals surface area contributed by atoms with Gasteiger partial charge in [-0.25, -0.2) is 0 Å². The molecule has 1 N–H and O–H groups in total. The summed E-state index contributed by atoms with van der Waals surface area (Å²) in [6.07, 6.45) is 2.69. The van der Waals surface area contributed by atoms with Crippen LogP contribution in [0.4, 0.5) is 0 Å². The third-order valence-corrected chi connectivity index (χ3v) is 3.20. The molecule has 1 atom stereocenters. The molecule has 0 aliphatic carbocycles. The highest BCUT2D eigenvalue weighted by Crippen LogP contribution is 2.13. The molecular formula is C15H20N2O3. The van der Waals surface area contributed by atoms with Gasteiger partial charge < -0.3 is 0 Å². The van der Waals surface area contributed by atoms with E-state index in [9.17, 15) is 14.4 Å². The van der Waals surface area contributed by atoms with Crippen molar-refractivity contribution in [3.63, 3.8) is 0 Å². The van der Waals surface area contributed by atoms with E-state index in [1.54, 1.807) is 12.1 Å². The van der Waals surface area contributed by atoms with Crippen LogP contribution < -0.4 is 5.32 Å². The van der Waals surface area contributed by atoms with Crippen LogP contribution in [-0.4, -0.2) is 36.6 Å². The van der Waals surface area contributed by atoms with Gasteiger partial charge in [0.1, 0.15) is 6.29 Å². The van der Waals surface area contributed by atoms with E-state index in [1.165, 1.54) is 0 Å². The summed E-state index contributed by atoms with van der Waals surface area (Å²) < 4.78 is 0. The van der Waals surface area contributed by atoms with E-state index >= 15 is 0 Å². The molecule has 0 aliphatic heterocycles. The standard InChI is InChI=1S/C15H20N2O3/c1-3-6-14(15(20)16-11-19)17(2)9-12-7-4-5-8-13(12)10-18/h4-5,7-8,10-11,14H,3,6,9H2,1-2H3,(H,16,19,20). The lowest BCUT2D eigenvalue weighted by Crippen LogP contribution is -2.44. The Kier molecular flexibility index (Phi) is 6.59. The van der Waals surface area contributed by atoms with E-state index < -0.39 is 0 Å². The van der Waals surface area contributed by atoms with Crippen molar-refractivity contribution in [2.24, 2.45) is 0 Å². The third-order valence-electron chi connectivity index (χ3n) is 3.20. The van der Waals surface area contributed by atoms with Crippen molar-refractivity contribution in [1.82, 2.24) is 10.2 Å². The fourth-order valence-corrected chi connectivity index (χ4v) is 2.15. The van der Waals surface area contributed by atoms with Crippen molar-refractivity contribution in [3.8, 4) is 0 Å². The first-order chi connectivity index (χ1) is 9.63. The Bertz CT molecular complexity index is 474. The Morgan fingerprint density at radius 1 is 1.35 bits per heavy atom. The topological polar surface area (TPSA) is 66.5 Å². The summed E-state index contributed by atoms with van der Waals surface area (Å²) in [7, 11) is 1.81. The van der Waals surface area contributed by atoms with Crippen LogP contribution in [0.3, 0.4) is 0 Å². The minimum atomic E-state index is -0.384. The number of benzene rings is 1. The van der Waals surface area contributed by atoms with Crippen LogP contribution in [0.2, 0.25) is 0 Å². The first kappa shape index (κ1) is 16.0. The van der Waals surface area contributed by atoms with Crippen LogP contribution in [0.25, 0.3) is 0 Å². The summed E-state index contributed by atoms with van der Waals surface area (Å²) in [5.74, 6) is -0.312. The lowest BCUT2D eigenvalue weighted by atomic mass is 10.1. The average Bonchev–Trinajstić information content (AvgIpc) is 2.45. The minimum Gasteiger partial charge on any atom is -0.298 e. The van der Waals surface area contributed by atoms with Gasteiger partial charge in [0.2, 0.25) is 12.3 Å². The number of hydrogen-bond donors (Lipinski definition) is 1. The number of nitrogens with one attached hydrogen (secondary N) is 1. The maximum Gasteiger partial charge on any atom is 0.243 e. The van der Waals surface area contributed by atoms with E-state index in [0.717, 1.165) is 18.3 Å². The summed E-state index contributed by atoms with van der Waals surface area (Å²) in [5.41, 5.74) is 1.48. The van der Waals surface area contributed by atoms with Gasteiger partial charge in [-0.1, -0.05) is 37.6 Å². The predicted molar refractivity (Wildman–Crippen MR) is 76.2 cm³/mol. The molecule has 0 heterocycles. The lowest BCUT2D eigenvalue weighted by molar-refractivity contribution is -0.129. The molecule has 1 aromatic rings. The van der Waals surface area contributed by atoms with E-state index in [0.29, 0.717) is 24.9 Å². The number of rotatable bonds is 8. The largest absolute Gasteiger partial charge is 0.298 e. The zero-order chi connectivity index (χ0) is 15.0. The number of aldehydes is 1. The Hall–Kier alpha value is -2.01. The van der Waals surface area contributed by atoms with Crippen LogP contribution >= 0.6 is 0 Å². The fourth-order valence-electron chi connectivity index (χ4n) is 2.15. The van der Waals surface area contributed by atoms with Crippen molar-refractivity contribution in [3.05, 3.63) is 35.4 Å². The van der Waals surface area contributed by atoms with E-state index in [2.05, 4.69) is 5.32 Å². The molecule has 108 valence electrons. The molecule has 5 heteroatoms. The van der Waals surface area contributed by atoms with Gasteiger partial charge in [-0.05, 0) is 19.0 Å². The number of imide groups is 1. The van der Waals surface area contributed by atoms with Gasteiger partial charge in [-0.2, -0.15) is 0 Å². The summed E-state index contributed by atoms with van der Waals surface area (Å²) in [6.45, 7) is 2.46. The van der Waals surface area contributed by atoms with Gasteiger partial charge in [-0.15, -0.1) is 0 Å². The molecule has 0 aromatic heterocycles. The third kappa shape index (κ3) is 4.28. The zero-order valence-electron chi connectivity index (χ0n) is 11.8. The molecule has 2 amide bonds. The Labute approximate surface area is 119 Å². The van der Waals surface area contributed by atoms with E-state index in [4.69, 9.17) is 0 Å². The Balaban J connectivity index is 2.84. The molecule has 5 nitrogen and oxygen atoms in total. The normalized spacial score (nSPS) is 11.9. The molecule has 1 aromatic carbocycles. The van der Waals surface area contributed by atoms with Gasteiger partial charge in [0.05, 0.1) is 6.04 Å². The fraction of sp³-hybridized carbons (Fsp3) is 0.400. The lowest BCUT2D eigenvalue weighted by Gasteiger charge is -2.26. The molecule has 20 heavy (non-hydrogen) atoms. The number of nitrogens with zero attached hydrogens (tertiary/aromatic N) is 1. The molecule has 0 fully saturated rings. The Morgan fingerprint density at radius 3 is 2.65 bits per heavy atom. The molecule has 0 bridgehead atoms. The molecular weight excluding hydrogens is 256 g/mol. The SMILES string of the molecule is CCCC(C(=O)NC=O)N(C)Cc1ccccc1C=O. The number of carbonyl (C=O) groups is 3. The van der Waals surface area contributed by atoms with Gasteiger partial charge in [0, 0.05) is 12.1 Å². The predicted octanol–water partition coefficient (Wildman–Crippen LogP) is 1.37. The summed E-state index contributed by atoms with van der Waals surface area (Å²) >= 11 is 0. The van der Waals surface area contributed by atoms with Crippen molar-refractivity contribution >= 4 is 18.6 Å². The van der Waals surface area contributed by atoms with Crippen molar-refractivity contribution < 1.29 is 14.4 Å². The highest BCUT2D eigenvalue weighted by Gasteiger charge is 2.22. The van der Waals surface area contributed by atoms with Crippen LogP contribution in [0.5, 0.6) is 0 Å². The maximum atomic E-state index is 11.9. The van der Waals surface area contributed by atoms with E-state index in [1.807, 2.05) is 31.0 Å². The summed E-state index contributed by atoms with van der Waals surface area (Å²) in [6, 6.07) is 6.88. The van der Waals surface area contributed by atoms with Crippen LogP contribution in [0.15, 0.2) is 24.3 Å². The number of likely N-dealkylation sites (N-methyl/N-ethyl adjacent to an activating group) is 1. The van der Waals surface area contributed by atoms with Gasteiger partial charge in [-0.3, -0.25) is 24.6 Å². The first-order valence-corrected chi connectivity index (χ1v) is 6.61. The van der Waals surface area contributed by atoms with Crippen LogP contribution in [0.1, 0.15) is 35.7 Å². The molecule has 0 saturated heterocycles. The number of hydrogen-bond acceptors (Lipinski definition) is 4. The average molecular weight is 276 g/mol. The second-order valence-corrected chi connectivity index (χ2v) is 4.66. The molecule has 0 saturated carbocycles. The monoisotopic (exact) mass is 276 g/mol. The van der Waals surface area contributed by atoms with Gasteiger partial charge >= 0.3 is 0 Å². The van der Waals surface area contributed by atoms with Gasteiger partial charge in [0.25, 0.3) is 0 Å². The highest BCUT2D eigenvalue weighted by atomic mass is 16.2. The quantitative estimate of drug-likeness (QED) is 0.728. The molecule has 0 aliphatic rings. The molecule has 1 rings (SSSR count). The van der Waals surface area contributed by atoms with Crippen LogP contribution in [0, 0.1) is 0 Å². The number of amides is 2.